The zero-order valence-corrected chi connectivity index (χ0v) is 32.1. The standard InChI is InChI=1S/C42H52N6O5S/c1-42(2,3)47-41(53)36-20-28-14-7-8-15-29(28)23-48(36)24-37(49)34(21-31-19-30(25-54-31)26-11-5-4-6-12-26)45-40(52)35(22-38(43)50)46-39(51)33-18-17-27-13-9-10-16-32(27)44-33/h4-6,9-13,16-19,25,28-29,34-37,49H,7-8,14-15,20-24H2,1-3H3,(H2,43,50)(H,45,52)(H,46,51)(H,47,53)/t28-,29+,34-,35+,36-,37+/m0/s1. The number of primary amides is 1. The third-order valence-electron chi connectivity index (χ3n) is 10.6. The van der Waals surface area contributed by atoms with Gasteiger partial charge in [-0.1, -0.05) is 73.9 Å². The van der Waals surface area contributed by atoms with Crippen molar-refractivity contribution >= 4 is 45.9 Å². The molecule has 0 spiro atoms. The maximum Gasteiger partial charge on any atom is 0.270 e. The van der Waals surface area contributed by atoms with Gasteiger partial charge < -0.3 is 26.8 Å². The van der Waals surface area contributed by atoms with E-state index in [1.165, 1.54) is 11.3 Å². The van der Waals surface area contributed by atoms with Crippen LogP contribution in [-0.4, -0.2) is 81.5 Å². The first kappa shape index (κ1) is 39.1. The molecule has 11 nitrogen and oxygen atoms in total. The fourth-order valence-corrected chi connectivity index (χ4v) is 8.84. The van der Waals surface area contributed by atoms with Crippen LogP contribution in [0.5, 0.6) is 0 Å². The van der Waals surface area contributed by atoms with E-state index in [0.717, 1.165) is 53.5 Å². The molecule has 0 bridgehead atoms. The van der Waals surface area contributed by atoms with Gasteiger partial charge in [-0.05, 0) is 80.2 Å². The molecular weight excluding hydrogens is 701 g/mol. The topological polar surface area (TPSA) is 167 Å². The van der Waals surface area contributed by atoms with Gasteiger partial charge in [0.1, 0.15) is 11.7 Å². The SMILES string of the molecule is CC(C)(C)NC(=O)[C@@H]1C[C@@H]2CCCC[C@@H]2CN1C[C@@H](O)[C@H](Cc1cc(-c2ccccc2)cs1)NC(=O)[C@@H](CC(N)=O)NC(=O)c1ccc2ccccc2n1. The lowest BCUT2D eigenvalue weighted by Crippen LogP contribution is -2.61. The van der Waals surface area contributed by atoms with E-state index in [1.807, 2.05) is 80.7 Å². The van der Waals surface area contributed by atoms with E-state index >= 15 is 0 Å². The number of carbonyl (C=O) groups excluding carboxylic acids is 4. The van der Waals surface area contributed by atoms with Crippen LogP contribution in [0, 0.1) is 11.8 Å². The number of aliphatic hydroxyl groups excluding tert-OH is 1. The normalized spacial score (nSPS) is 20.6. The first-order valence-electron chi connectivity index (χ1n) is 19.0. The zero-order valence-electron chi connectivity index (χ0n) is 31.3. The second-order valence-electron chi connectivity index (χ2n) is 15.9. The number of para-hydroxylation sites is 1. The highest BCUT2D eigenvalue weighted by molar-refractivity contribution is 7.10. The van der Waals surface area contributed by atoms with Crippen molar-refractivity contribution in [1.29, 1.82) is 0 Å². The van der Waals surface area contributed by atoms with Crippen molar-refractivity contribution in [3.05, 3.63) is 88.7 Å². The number of aromatic nitrogens is 1. The molecule has 54 heavy (non-hydrogen) atoms. The fraction of sp³-hybridized carbons (Fsp3) is 0.452. The maximum atomic E-state index is 14.1. The lowest BCUT2D eigenvalue weighted by Gasteiger charge is -2.47. The molecule has 2 aliphatic rings. The van der Waals surface area contributed by atoms with Crippen LogP contribution in [0.15, 0.2) is 78.2 Å². The molecule has 1 saturated heterocycles. The number of rotatable bonds is 13. The molecular formula is C42H52N6O5S. The van der Waals surface area contributed by atoms with Crippen molar-refractivity contribution < 1.29 is 24.3 Å². The number of thiophene rings is 1. The van der Waals surface area contributed by atoms with Gasteiger partial charge in [0.25, 0.3) is 5.91 Å². The summed E-state index contributed by atoms with van der Waals surface area (Å²) in [7, 11) is 0. The molecule has 0 radical (unpaired) electrons. The van der Waals surface area contributed by atoms with Crippen LogP contribution in [0.2, 0.25) is 0 Å². The van der Waals surface area contributed by atoms with Crippen molar-refractivity contribution in [2.75, 3.05) is 13.1 Å². The van der Waals surface area contributed by atoms with Crippen LogP contribution in [0.1, 0.15) is 74.7 Å². The number of pyridine rings is 1. The number of piperidine rings is 1. The van der Waals surface area contributed by atoms with E-state index in [-0.39, 0.29) is 24.6 Å². The highest BCUT2D eigenvalue weighted by Crippen LogP contribution is 2.39. The van der Waals surface area contributed by atoms with E-state index < -0.39 is 53.9 Å². The van der Waals surface area contributed by atoms with E-state index in [1.54, 1.807) is 18.2 Å². The molecule has 6 rings (SSSR count). The number of nitrogens with one attached hydrogen (secondary N) is 3. The van der Waals surface area contributed by atoms with Crippen LogP contribution in [0.4, 0.5) is 0 Å². The highest BCUT2D eigenvalue weighted by Gasteiger charge is 2.42. The van der Waals surface area contributed by atoms with Gasteiger partial charge in [0, 0.05) is 35.3 Å². The van der Waals surface area contributed by atoms with Gasteiger partial charge in [-0.15, -0.1) is 11.3 Å². The largest absolute Gasteiger partial charge is 0.390 e. The number of hydrogen-bond donors (Lipinski definition) is 5. The number of likely N-dealkylation sites (tertiary alicyclic amines) is 1. The van der Waals surface area contributed by atoms with Gasteiger partial charge in [0.05, 0.1) is 30.1 Å². The summed E-state index contributed by atoms with van der Waals surface area (Å²) in [5.41, 5.74) is 7.94. The molecule has 0 unspecified atom stereocenters. The average molecular weight is 753 g/mol. The molecule has 4 amide bonds. The Balaban J connectivity index is 1.25. The summed E-state index contributed by atoms with van der Waals surface area (Å²) in [6, 6.07) is 20.1. The van der Waals surface area contributed by atoms with Crippen LogP contribution < -0.4 is 21.7 Å². The summed E-state index contributed by atoms with van der Waals surface area (Å²) < 4.78 is 0. The van der Waals surface area contributed by atoms with E-state index in [9.17, 15) is 24.3 Å². The van der Waals surface area contributed by atoms with Crippen molar-refractivity contribution in [3.8, 4) is 11.1 Å². The van der Waals surface area contributed by atoms with Gasteiger partial charge in [-0.3, -0.25) is 24.1 Å². The fourth-order valence-electron chi connectivity index (χ4n) is 7.88. The van der Waals surface area contributed by atoms with E-state index in [0.29, 0.717) is 23.9 Å². The van der Waals surface area contributed by atoms with Crippen LogP contribution in [0.3, 0.4) is 0 Å². The van der Waals surface area contributed by atoms with Gasteiger partial charge in [0.2, 0.25) is 17.7 Å². The predicted octanol–water partition coefficient (Wildman–Crippen LogP) is 4.82. The second kappa shape index (κ2) is 17.2. The van der Waals surface area contributed by atoms with Crippen LogP contribution >= 0.6 is 11.3 Å². The molecule has 1 saturated carbocycles. The van der Waals surface area contributed by atoms with Crippen molar-refractivity contribution in [1.82, 2.24) is 25.8 Å². The Morgan fingerprint density at radius 2 is 1.67 bits per heavy atom. The number of benzene rings is 2. The smallest absolute Gasteiger partial charge is 0.270 e. The number of aliphatic hydroxyl groups is 1. The molecule has 2 aromatic carbocycles. The minimum Gasteiger partial charge on any atom is -0.390 e. The Bertz CT molecular complexity index is 1940. The first-order valence-corrected chi connectivity index (χ1v) is 19.8. The molecule has 286 valence electrons. The molecule has 4 aromatic rings. The zero-order chi connectivity index (χ0) is 38.4. The summed E-state index contributed by atoms with van der Waals surface area (Å²) in [4.78, 5) is 60.9. The second-order valence-corrected chi connectivity index (χ2v) is 16.9. The third kappa shape index (κ3) is 10.1. The highest BCUT2D eigenvalue weighted by atomic mass is 32.1. The Labute approximate surface area is 321 Å². The van der Waals surface area contributed by atoms with Crippen molar-refractivity contribution in [2.45, 2.75) is 95.5 Å². The summed E-state index contributed by atoms with van der Waals surface area (Å²) in [6.07, 6.45) is 3.97. The lowest BCUT2D eigenvalue weighted by atomic mass is 9.72. The Morgan fingerprint density at radius 3 is 2.41 bits per heavy atom. The summed E-state index contributed by atoms with van der Waals surface area (Å²) in [6.45, 7) is 6.72. The summed E-state index contributed by atoms with van der Waals surface area (Å²) in [5.74, 6) is -1.23. The number of hydrogen-bond acceptors (Lipinski definition) is 8. The molecule has 6 atom stereocenters. The minimum absolute atomic E-state index is 0.0587. The third-order valence-corrected chi connectivity index (χ3v) is 11.5. The van der Waals surface area contributed by atoms with Gasteiger partial charge in [-0.2, -0.15) is 0 Å². The van der Waals surface area contributed by atoms with Crippen molar-refractivity contribution in [2.24, 2.45) is 17.6 Å². The number of amides is 4. The molecule has 6 N–H and O–H groups in total. The molecule has 1 aliphatic carbocycles. The number of nitrogens with zero attached hydrogens (tertiary/aromatic N) is 2. The first-order chi connectivity index (χ1) is 25.8. The van der Waals surface area contributed by atoms with Gasteiger partial charge >= 0.3 is 0 Å². The summed E-state index contributed by atoms with van der Waals surface area (Å²) in [5, 5.41) is 23.8. The predicted molar refractivity (Wildman–Crippen MR) is 212 cm³/mol. The van der Waals surface area contributed by atoms with E-state index in [4.69, 9.17) is 5.73 Å². The van der Waals surface area contributed by atoms with Gasteiger partial charge in [-0.25, -0.2) is 4.98 Å². The van der Waals surface area contributed by atoms with Crippen molar-refractivity contribution in [3.63, 3.8) is 0 Å². The minimum atomic E-state index is -1.32. The number of β-amino-alcohol motifs (C(OH)–C–C–N with tert-alkyl or cyclic N) is 1. The van der Waals surface area contributed by atoms with Crippen LogP contribution in [-0.2, 0) is 20.8 Å². The monoisotopic (exact) mass is 752 g/mol. The summed E-state index contributed by atoms with van der Waals surface area (Å²) >= 11 is 1.53. The Kier molecular flexibility index (Phi) is 12.5. The average Bonchev–Trinajstić information content (AvgIpc) is 3.61. The molecule has 3 heterocycles. The van der Waals surface area contributed by atoms with Gasteiger partial charge in [0.15, 0.2) is 0 Å². The van der Waals surface area contributed by atoms with E-state index in [2.05, 4.69) is 25.8 Å². The number of carbonyl (C=O) groups is 4. The Hall–Kier alpha value is -4.65. The quantitative estimate of drug-likeness (QED) is 0.131. The maximum absolute atomic E-state index is 14.1. The molecule has 2 fully saturated rings. The molecule has 1 aliphatic heterocycles. The molecule has 12 heteroatoms. The number of fused-ring (bicyclic) bond motifs is 2. The molecule has 2 aromatic heterocycles. The lowest BCUT2D eigenvalue weighted by molar-refractivity contribution is -0.133. The Morgan fingerprint density at radius 1 is 0.944 bits per heavy atom. The number of nitrogens with two attached hydrogens (primary N) is 1. The van der Waals surface area contributed by atoms with Crippen LogP contribution in [0.25, 0.3) is 22.0 Å².